The quantitative estimate of drug-likeness (QED) is 0.723. The third kappa shape index (κ3) is 2.25. The summed E-state index contributed by atoms with van der Waals surface area (Å²) in [5.74, 6) is -2.88. The van der Waals surface area contributed by atoms with Crippen LogP contribution in [0.2, 0.25) is 0 Å². The zero-order valence-corrected chi connectivity index (χ0v) is 11.5. The van der Waals surface area contributed by atoms with Gasteiger partial charge in [-0.3, -0.25) is 4.57 Å². The van der Waals surface area contributed by atoms with Crippen molar-refractivity contribution in [2.24, 2.45) is 0 Å². The molecular formula is C10H12F2N2O3S2. The first-order valence-corrected chi connectivity index (χ1v) is 6.20. The van der Waals surface area contributed by atoms with Gasteiger partial charge in [-0.1, -0.05) is 12.2 Å². The second-order valence-corrected chi connectivity index (χ2v) is 5.31. The van der Waals surface area contributed by atoms with E-state index in [9.17, 15) is 13.9 Å². The molecule has 1 aliphatic rings. The molecule has 1 saturated heterocycles. The van der Waals surface area contributed by atoms with Gasteiger partial charge in [0.05, 0.1) is 0 Å². The van der Waals surface area contributed by atoms with Gasteiger partial charge < -0.3 is 19.9 Å². The van der Waals surface area contributed by atoms with E-state index in [4.69, 9.17) is 34.3 Å². The van der Waals surface area contributed by atoms with E-state index in [0.717, 1.165) is 11.5 Å². The molecule has 0 radical (unpaired) electrons. The van der Waals surface area contributed by atoms with Gasteiger partial charge in [0.25, 0.3) is 5.85 Å². The SMILES string of the molecule is C[C@@]1(F)C(O)[C@@](F)(CO)O[C@H]1n1ccc(=S)[nH]c1=S. The van der Waals surface area contributed by atoms with Crippen LogP contribution in [0.3, 0.4) is 0 Å². The van der Waals surface area contributed by atoms with Gasteiger partial charge in [-0.15, -0.1) is 0 Å². The highest BCUT2D eigenvalue weighted by atomic mass is 32.1. The normalized spacial score (nSPS) is 38.6. The number of aromatic nitrogens is 2. The third-order valence-electron chi connectivity index (χ3n) is 3.05. The molecule has 0 aliphatic carbocycles. The fraction of sp³-hybridized carbons (Fsp3) is 0.600. The maximum Gasteiger partial charge on any atom is 0.263 e. The van der Waals surface area contributed by atoms with E-state index in [0.29, 0.717) is 4.64 Å². The Bertz CT molecular complexity index is 603. The Hall–Kier alpha value is -0.740. The van der Waals surface area contributed by atoms with Crippen molar-refractivity contribution in [3.8, 4) is 0 Å². The summed E-state index contributed by atoms with van der Waals surface area (Å²) in [6.07, 6.45) is -2.32. The number of nitrogens with zero attached hydrogens (tertiary/aromatic N) is 1. The predicted octanol–water partition coefficient (Wildman–Crippen LogP) is 1.55. The number of aliphatic hydroxyl groups excluding tert-OH is 2. The Kier molecular flexibility index (Phi) is 3.60. The number of aromatic amines is 1. The summed E-state index contributed by atoms with van der Waals surface area (Å²) in [5, 5.41) is 18.6. The number of ether oxygens (including phenoxy) is 1. The molecule has 1 fully saturated rings. The highest BCUT2D eigenvalue weighted by molar-refractivity contribution is 7.72. The molecule has 3 N–H and O–H groups in total. The molecule has 9 heteroatoms. The fourth-order valence-corrected chi connectivity index (χ4v) is 2.47. The molecule has 2 rings (SSSR count). The minimum absolute atomic E-state index is 0.0239. The molecule has 1 unspecified atom stereocenters. The maximum atomic E-state index is 14.5. The highest BCUT2D eigenvalue weighted by Crippen LogP contribution is 2.47. The van der Waals surface area contributed by atoms with Gasteiger partial charge in [-0.25, -0.2) is 8.78 Å². The molecule has 0 amide bonds. The molecule has 1 aromatic heterocycles. The summed E-state index contributed by atoms with van der Waals surface area (Å²) < 4.78 is 34.8. The predicted molar refractivity (Wildman–Crippen MR) is 67.0 cm³/mol. The summed E-state index contributed by atoms with van der Waals surface area (Å²) in [7, 11) is 0. The van der Waals surface area contributed by atoms with Crippen molar-refractivity contribution in [1.82, 2.24) is 9.55 Å². The van der Waals surface area contributed by atoms with Crippen molar-refractivity contribution in [1.29, 1.82) is 0 Å². The van der Waals surface area contributed by atoms with E-state index in [1.54, 1.807) is 0 Å². The molecular weight excluding hydrogens is 298 g/mol. The van der Waals surface area contributed by atoms with Crippen LogP contribution in [-0.4, -0.2) is 44.0 Å². The Morgan fingerprint density at radius 2 is 2.16 bits per heavy atom. The van der Waals surface area contributed by atoms with Crippen molar-refractivity contribution in [3.63, 3.8) is 0 Å². The zero-order valence-electron chi connectivity index (χ0n) is 9.84. The first-order valence-electron chi connectivity index (χ1n) is 5.38. The van der Waals surface area contributed by atoms with Crippen LogP contribution in [0.5, 0.6) is 0 Å². The smallest absolute Gasteiger partial charge is 0.263 e. The number of nitrogens with one attached hydrogen (secondary N) is 1. The van der Waals surface area contributed by atoms with Crippen LogP contribution in [-0.2, 0) is 4.74 Å². The monoisotopic (exact) mass is 310 g/mol. The lowest BCUT2D eigenvalue weighted by Gasteiger charge is -2.25. The Morgan fingerprint density at radius 1 is 1.53 bits per heavy atom. The van der Waals surface area contributed by atoms with Gasteiger partial charge in [0.1, 0.15) is 11.2 Å². The molecule has 1 aliphatic heterocycles. The molecule has 0 saturated carbocycles. The van der Waals surface area contributed by atoms with Crippen LogP contribution in [0, 0.1) is 9.41 Å². The first-order chi connectivity index (χ1) is 8.72. The van der Waals surface area contributed by atoms with Crippen LogP contribution in [0.1, 0.15) is 13.2 Å². The molecule has 106 valence electrons. The first kappa shape index (κ1) is 14.7. The van der Waals surface area contributed by atoms with Crippen LogP contribution < -0.4 is 0 Å². The number of H-pyrrole nitrogens is 1. The maximum absolute atomic E-state index is 14.5. The molecule has 1 aromatic rings. The van der Waals surface area contributed by atoms with Crippen molar-refractivity contribution >= 4 is 24.4 Å². The van der Waals surface area contributed by atoms with Gasteiger partial charge in [0.15, 0.2) is 22.8 Å². The second-order valence-electron chi connectivity index (χ2n) is 4.49. The second kappa shape index (κ2) is 4.67. The fourth-order valence-electron chi connectivity index (χ4n) is 1.99. The lowest BCUT2D eigenvalue weighted by Crippen LogP contribution is -2.46. The van der Waals surface area contributed by atoms with Crippen molar-refractivity contribution < 1.29 is 23.7 Å². The van der Waals surface area contributed by atoms with Crippen molar-refractivity contribution in [2.45, 2.75) is 30.8 Å². The van der Waals surface area contributed by atoms with Gasteiger partial charge in [0.2, 0.25) is 0 Å². The van der Waals surface area contributed by atoms with E-state index in [1.165, 1.54) is 12.3 Å². The third-order valence-corrected chi connectivity index (χ3v) is 3.60. The molecule has 5 nitrogen and oxygen atoms in total. The zero-order chi connectivity index (χ0) is 14.4. The van der Waals surface area contributed by atoms with Gasteiger partial charge in [-0.2, -0.15) is 0 Å². The number of alkyl halides is 2. The van der Waals surface area contributed by atoms with Crippen LogP contribution >= 0.6 is 24.4 Å². The van der Waals surface area contributed by atoms with E-state index < -0.39 is 30.5 Å². The molecule has 4 atom stereocenters. The molecule has 2 heterocycles. The topological polar surface area (TPSA) is 70.4 Å². The number of rotatable bonds is 2. The van der Waals surface area contributed by atoms with Gasteiger partial charge in [0, 0.05) is 6.20 Å². The minimum atomic E-state index is -2.88. The molecule has 0 bridgehead atoms. The van der Waals surface area contributed by atoms with E-state index >= 15 is 0 Å². The van der Waals surface area contributed by atoms with E-state index in [-0.39, 0.29) is 4.77 Å². The van der Waals surface area contributed by atoms with Crippen LogP contribution in [0.25, 0.3) is 0 Å². The lowest BCUT2D eigenvalue weighted by molar-refractivity contribution is -0.207. The summed E-state index contributed by atoms with van der Waals surface area (Å²) in [6, 6.07) is 1.42. The summed E-state index contributed by atoms with van der Waals surface area (Å²) in [5.41, 5.74) is -2.47. The van der Waals surface area contributed by atoms with Crippen molar-refractivity contribution in [3.05, 3.63) is 21.7 Å². The van der Waals surface area contributed by atoms with E-state index in [2.05, 4.69) is 4.98 Å². The summed E-state index contributed by atoms with van der Waals surface area (Å²) in [4.78, 5) is 2.59. The Labute approximate surface area is 117 Å². The molecule has 0 spiro atoms. The highest BCUT2D eigenvalue weighted by Gasteiger charge is 2.64. The minimum Gasteiger partial charge on any atom is -0.390 e. The van der Waals surface area contributed by atoms with Crippen LogP contribution in [0.15, 0.2) is 12.3 Å². The average molecular weight is 310 g/mol. The summed E-state index contributed by atoms with van der Waals surface area (Å²) >= 11 is 9.80. The van der Waals surface area contributed by atoms with Crippen molar-refractivity contribution in [2.75, 3.05) is 6.61 Å². The van der Waals surface area contributed by atoms with Gasteiger partial charge >= 0.3 is 0 Å². The number of aliphatic hydroxyl groups is 2. The summed E-state index contributed by atoms with van der Waals surface area (Å²) in [6.45, 7) is -0.191. The van der Waals surface area contributed by atoms with Crippen LogP contribution in [0.4, 0.5) is 8.78 Å². The molecule has 0 aromatic carbocycles. The number of hydrogen-bond acceptors (Lipinski definition) is 5. The van der Waals surface area contributed by atoms with Gasteiger partial charge in [-0.05, 0) is 25.2 Å². The number of hydrogen-bond donors (Lipinski definition) is 3. The lowest BCUT2D eigenvalue weighted by atomic mass is 9.97. The number of halogens is 2. The Balaban J connectivity index is 2.51. The molecule has 19 heavy (non-hydrogen) atoms. The average Bonchev–Trinajstić information content (AvgIpc) is 2.51. The standard InChI is InChI=1S/C10H12F2N2O3S2/c1-9(11)6(16)10(12,4-15)17-7(9)14-3-2-5(18)13-8(14)19/h2-3,6-7,15-16H,4H2,1H3,(H,13,18,19)/t6?,7-,9-,10-/m1/s1. The largest absolute Gasteiger partial charge is 0.390 e. The Morgan fingerprint density at radius 3 is 2.63 bits per heavy atom. The van der Waals surface area contributed by atoms with E-state index in [1.807, 2.05) is 0 Å².